The van der Waals surface area contributed by atoms with Crippen LogP contribution in [0.3, 0.4) is 0 Å². The van der Waals surface area contributed by atoms with Crippen molar-refractivity contribution >= 4 is 17.5 Å². The highest BCUT2D eigenvalue weighted by atomic mass is 16.5. The molecule has 1 heterocycles. The van der Waals surface area contributed by atoms with Gasteiger partial charge in [-0.25, -0.2) is 0 Å². The maximum absolute atomic E-state index is 13.7. The summed E-state index contributed by atoms with van der Waals surface area (Å²) in [5.74, 6) is -1.19. The fraction of sp³-hybridized carbons (Fsp3) is 0.433. The van der Waals surface area contributed by atoms with E-state index in [0.29, 0.717) is 29.9 Å². The van der Waals surface area contributed by atoms with Gasteiger partial charge in [-0.15, -0.1) is 0 Å². The number of benzene rings is 2. The first-order chi connectivity index (χ1) is 17.5. The lowest BCUT2D eigenvalue weighted by atomic mass is 9.69. The normalized spacial score (nSPS) is 24.7. The Bertz CT molecular complexity index is 1210. The molecule has 0 radical (unpaired) electrons. The fourth-order valence-electron chi connectivity index (χ4n) is 5.99. The third kappa shape index (κ3) is 4.69. The number of carbonyl (C=O) groups excluding carboxylic acids is 2. The number of methoxy groups -OCH3 is 1. The smallest absolute Gasteiger partial charge is 0.315 e. The number of hydrogen-bond acceptors (Lipinski definition) is 6. The van der Waals surface area contributed by atoms with Crippen LogP contribution in [0.15, 0.2) is 64.8 Å². The lowest BCUT2D eigenvalue weighted by molar-refractivity contribution is -0.153. The molecule has 2 aromatic carbocycles. The Labute approximate surface area is 212 Å². The second kappa shape index (κ2) is 10.3. The molecular weight excluding hydrogens is 454 g/mol. The monoisotopic (exact) mass is 487 g/mol. The fourth-order valence-corrected chi connectivity index (χ4v) is 5.99. The highest BCUT2D eigenvalue weighted by Gasteiger charge is 2.45. The molecule has 2 aromatic rings. The number of ether oxygens (including phenoxy) is 2. The predicted octanol–water partition coefficient (Wildman–Crippen LogP) is 5.85. The van der Waals surface area contributed by atoms with Crippen LogP contribution in [-0.4, -0.2) is 35.8 Å². The SMILES string of the molecule is COc1cc([C@H]2C3=C(C[C@@H](c4ccccc4)CC3=O)N=C(C)C2C(=O)OC2CCCCC2)ccc1O. The van der Waals surface area contributed by atoms with Gasteiger partial charge in [-0.05, 0) is 68.2 Å². The number of phenolic OH excluding ortho intramolecular Hbond substituents is 1. The first-order valence-corrected chi connectivity index (χ1v) is 12.9. The summed E-state index contributed by atoms with van der Waals surface area (Å²) in [6, 6.07) is 15.1. The third-order valence-corrected chi connectivity index (χ3v) is 7.81. The molecule has 0 spiro atoms. The van der Waals surface area contributed by atoms with Gasteiger partial charge in [0.15, 0.2) is 17.3 Å². The zero-order valence-electron chi connectivity index (χ0n) is 20.9. The van der Waals surface area contributed by atoms with Crippen LogP contribution in [0, 0.1) is 5.92 Å². The molecule has 1 aliphatic heterocycles. The van der Waals surface area contributed by atoms with E-state index in [4.69, 9.17) is 14.5 Å². The van der Waals surface area contributed by atoms with E-state index in [1.165, 1.54) is 13.5 Å². The van der Waals surface area contributed by atoms with Crippen LogP contribution < -0.4 is 4.74 Å². The summed E-state index contributed by atoms with van der Waals surface area (Å²) in [5.41, 5.74) is 3.85. The van der Waals surface area contributed by atoms with E-state index in [-0.39, 0.29) is 29.5 Å². The molecule has 1 fully saturated rings. The minimum atomic E-state index is -0.697. The lowest BCUT2D eigenvalue weighted by Gasteiger charge is -2.37. The molecule has 1 saturated carbocycles. The Morgan fingerprint density at radius 2 is 1.75 bits per heavy atom. The van der Waals surface area contributed by atoms with Crippen LogP contribution in [0.2, 0.25) is 0 Å². The van der Waals surface area contributed by atoms with Gasteiger partial charge in [0.05, 0.1) is 7.11 Å². The maximum atomic E-state index is 13.7. The number of ketones is 1. The highest BCUT2D eigenvalue weighted by molar-refractivity contribution is 6.09. The first-order valence-electron chi connectivity index (χ1n) is 12.9. The number of esters is 1. The molecule has 36 heavy (non-hydrogen) atoms. The Kier molecular flexibility index (Phi) is 6.95. The zero-order valence-corrected chi connectivity index (χ0v) is 20.9. The van der Waals surface area contributed by atoms with Gasteiger partial charge in [0, 0.05) is 29.3 Å². The van der Waals surface area contributed by atoms with Crippen molar-refractivity contribution < 1.29 is 24.2 Å². The van der Waals surface area contributed by atoms with Gasteiger partial charge in [0.2, 0.25) is 0 Å². The molecular formula is C30H33NO5. The van der Waals surface area contributed by atoms with Crippen LogP contribution >= 0.6 is 0 Å². The van der Waals surface area contributed by atoms with E-state index in [0.717, 1.165) is 42.5 Å². The summed E-state index contributed by atoms with van der Waals surface area (Å²) in [7, 11) is 1.49. The van der Waals surface area contributed by atoms with Crippen molar-refractivity contribution in [3.05, 3.63) is 70.9 Å². The molecule has 2 aliphatic carbocycles. The van der Waals surface area contributed by atoms with Crippen molar-refractivity contribution in [2.24, 2.45) is 10.9 Å². The predicted molar refractivity (Wildman–Crippen MR) is 137 cm³/mol. The minimum Gasteiger partial charge on any atom is -0.504 e. The molecule has 3 atom stereocenters. The number of aliphatic imine (C=N–C) groups is 1. The highest BCUT2D eigenvalue weighted by Crippen LogP contribution is 2.48. The molecule has 0 amide bonds. The Hall–Kier alpha value is -3.41. The van der Waals surface area contributed by atoms with Crippen molar-refractivity contribution in [1.29, 1.82) is 0 Å². The topological polar surface area (TPSA) is 85.2 Å². The summed E-state index contributed by atoms with van der Waals surface area (Å²) >= 11 is 0. The first kappa shape index (κ1) is 24.3. The van der Waals surface area contributed by atoms with Crippen LogP contribution in [0.1, 0.15) is 74.8 Å². The summed E-state index contributed by atoms with van der Waals surface area (Å²) < 4.78 is 11.4. The second-order valence-corrected chi connectivity index (χ2v) is 10.1. The summed E-state index contributed by atoms with van der Waals surface area (Å²) in [4.78, 5) is 32.2. The average Bonchev–Trinajstić information content (AvgIpc) is 2.89. The van der Waals surface area contributed by atoms with Crippen molar-refractivity contribution in [1.82, 2.24) is 0 Å². The summed E-state index contributed by atoms with van der Waals surface area (Å²) in [6.45, 7) is 1.86. The van der Waals surface area contributed by atoms with E-state index in [1.54, 1.807) is 18.2 Å². The Morgan fingerprint density at radius 1 is 1.00 bits per heavy atom. The third-order valence-electron chi connectivity index (χ3n) is 7.81. The minimum absolute atomic E-state index is 0.00820. The van der Waals surface area contributed by atoms with Gasteiger partial charge in [0.25, 0.3) is 0 Å². The van der Waals surface area contributed by atoms with Crippen molar-refractivity contribution in [2.75, 3.05) is 7.11 Å². The van der Waals surface area contributed by atoms with E-state index >= 15 is 0 Å². The zero-order chi connectivity index (χ0) is 25.2. The number of hydrogen-bond donors (Lipinski definition) is 1. The van der Waals surface area contributed by atoms with E-state index in [2.05, 4.69) is 12.1 Å². The molecule has 188 valence electrons. The number of aromatic hydroxyl groups is 1. The van der Waals surface area contributed by atoms with E-state index < -0.39 is 11.8 Å². The number of carbonyl (C=O) groups is 2. The molecule has 0 saturated heterocycles. The van der Waals surface area contributed by atoms with Crippen LogP contribution in [0.25, 0.3) is 0 Å². The van der Waals surface area contributed by atoms with Crippen LogP contribution in [0.5, 0.6) is 11.5 Å². The molecule has 6 heteroatoms. The number of rotatable bonds is 5. The van der Waals surface area contributed by atoms with Gasteiger partial charge in [-0.3, -0.25) is 14.6 Å². The van der Waals surface area contributed by atoms with Gasteiger partial charge in [-0.1, -0.05) is 42.8 Å². The second-order valence-electron chi connectivity index (χ2n) is 10.1. The number of allylic oxidation sites excluding steroid dienone is 2. The van der Waals surface area contributed by atoms with Crippen LogP contribution in [0.4, 0.5) is 0 Å². The van der Waals surface area contributed by atoms with Gasteiger partial charge in [0.1, 0.15) is 12.0 Å². The summed E-state index contributed by atoms with van der Waals surface area (Å²) in [5, 5.41) is 10.2. The van der Waals surface area contributed by atoms with Crippen molar-refractivity contribution in [3.8, 4) is 11.5 Å². The molecule has 1 N–H and O–H groups in total. The number of nitrogens with zero attached hydrogens (tertiary/aromatic N) is 1. The van der Waals surface area contributed by atoms with E-state index in [9.17, 15) is 14.7 Å². The standard InChI is InChI=1S/C30H33NO5/c1-18-27(30(34)36-22-11-7-4-8-12-22)28(20-13-14-24(32)26(17-20)35-2)29-23(31-18)15-21(16-25(29)33)19-9-5-3-6-10-19/h3,5-6,9-10,13-14,17,21-22,27-28,32H,4,7-8,11-12,15-16H2,1-2H3/t21-,27?,28-/m1/s1. The Morgan fingerprint density at radius 3 is 2.47 bits per heavy atom. The molecule has 6 nitrogen and oxygen atoms in total. The van der Waals surface area contributed by atoms with Gasteiger partial charge in [-0.2, -0.15) is 0 Å². The molecule has 5 rings (SSSR count). The molecule has 0 aromatic heterocycles. The largest absolute Gasteiger partial charge is 0.504 e. The van der Waals surface area contributed by atoms with Crippen molar-refractivity contribution in [3.63, 3.8) is 0 Å². The maximum Gasteiger partial charge on any atom is 0.315 e. The summed E-state index contributed by atoms with van der Waals surface area (Å²) in [6.07, 6.45) is 5.95. The molecule has 1 unspecified atom stereocenters. The molecule has 0 bridgehead atoms. The molecule has 3 aliphatic rings. The Balaban J connectivity index is 1.55. The van der Waals surface area contributed by atoms with Gasteiger partial charge >= 0.3 is 5.97 Å². The number of phenols is 1. The van der Waals surface area contributed by atoms with Crippen LogP contribution in [-0.2, 0) is 14.3 Å². The quantitative estimate of drug-likeness (QED) is 0.535. The van der Waals surface area contributed by atoms with E-state index in [1.807, 2.05) is 25.1 Å². The number of Topliss-reactive ketones (excluding diaryl/α,β-unsaturated/α-hetero) is 1. The van der Waals surface area contributed by atoms with Crippen molar-refractivity contribution in [2.45, 2.75) is 69.8 Å². The lowest BCUT2D eigenvalue weighted by Crippen LogP contribution is -2.39. The average molecular weight is 488 g/mol. The van der Waals surface area contributed by atoms with Gasteiger partial charge < -0.3 is 14.6 Å².